The van der Waals surface area contributed by atoms with Gasteiger partial charge in [-0.1, -0.05) is 48.5 Å². The summed E-state index contributed by atoms with van der Waals surface area (Å²) in [6.45, 7) is 0.511. The number of aliphatic hydroxyl groups is 1. The lowest BCUT2D eigenvalue weighted by atomic mass is 9.93. The Morgan fingerprint density at radius 2 is 1.74 bits per heavy atom. The van der Waals surface area contributed by atoms with Gasteiger partial charge in [-0.2, -0.15) is 0 Å². The van der Waals surface area contributed by atoms with Crippen molar-refractivity contribution in [2.75, 3.05) is 13.9 Å². The first kappa shape index (κ1) is 19.1. The van der Waals surface area contributed by atoms with Crippen molar-refractivity contribution in [1.29, 1.82) is 0 Å². The van der Waals surface area contributed by atoms with Gasteiger partial charge < -0.3 is 24.2 Å². The van der Waals surface area contributed by atoms with E-state index in [-0.39, 0.29) is 12.6 Å². The molecule has 31 heavy (non-hydrogen) atoms. The third-order valence-corrected chi connectivity index (χ3v) is 5.61. The topological polar surface area (TPSA) is 68.2 Å². The van der Waals surface area contributed by atoms with E-state index in [1.165, 1.54) is 0 Å². The molecule has 1 N–H and O–H groups in total. The molecule has 0 spiro atoms. The first-order chi connectivity index (χ1) is 15.2. The lowest BCUT2D eigenvalue weighted by Crippen LogP contribution is -2.29. The lowest BCUT2D eigenvalue weighted by molar-refractivity contribution is -0.130. The van der Waals surface area contributed by atoms with Crippen LogP contribution in [-0.4, -0.2) is 29.8 Å². The van der Waals surface area contributed by atoms with Crippen LogP contribution in [0.1, 0.15) is 22.7 Å². The van der Waals surface area contributed by atoms with Crippen LogP contribution in [0.5, 0.6) is 17.2 Å². The zero-order chi connectivity index (χ0) is 21.4. The van der Waals surface area contributed by atoms with Crippen LogP contribution in [0.3, 0.4) is 0 Å². The summed E-state index contributed by atoms with van der Waals surface area (Å²) in [7, 11) is 1.60. The van der Waals surface area contributed by atoms with Crippen LogP contribution >= 0.6 is 0 Å². The first-order valence-corrected chi connectivity index (χ1v) is 9.97. The Bertz CT molecular complexity index is 1150. The van der Waals surface area contributed by atoms with Crippen LogP contribution in [0.25, 0.3) is 5.57 Å². The first-order valence-electron chi connectivity index (χ1n) is 9.97. The van der Waals surface area contributed by atoms with Gasteiger partial charge in [-0.3, -0.25) is 4.79 Å². The number of nitrogens with zero attached hydrogens (tertiary/aromatic N) is 1. The highest BCUT2D eigenvalue weighted by molar-refractivity contribution is 6.05. The van der Waals surface area contributed by atoms with Crippen LogP contribution in [0, 0.1) is 0 Å². The smallest absolute Gasteiger partial charge is 0.290 e. The standard InChI is InChI=1S/C25H21NO5/c1-29-19-10-8-17(9-11-19)22-23(18-5-3-2-4-6-18)26(25(28)24(22)27)14-16-7-12-20-21(13-16)31-15-30-20/h2-13,23,27H,14-15H2,1H3. The molecule has 2 heterocycles. The normalized spacial score (nSPS) is 17.4. The molecule has 0 radical (unpaired) electrons. The molecule has 5 rings (SSSR count). The Labute approximate surface area is 179 Å². The number of aliphatic hydroxyl groups excluding tert-OH is 1. The Hall–Kier alpha value is -3.93. The zero-order valence-corrected chi connectivity index (χ0v) is 16.9. The molecule has 0 fully saturated rings. The molecule has 0 aromatic heterocycles. The van der Waals surface area contributed by atoms with Crippen molar-refractivity contribution in [1.82, 2.24) is 4.90 Å². The number of benzene rings is 3. The number of methoxy groups -OCH3 is 1. The van der Waals surface area contributed by atoms with Gasteiger partial charge in [0.05, 0.1) is 13.2 Å². The second kappa shape index (κ2) is 7.72. The van der Waals surface area contributed by atoms with Gasteiger partial charge in [0.2, 0.25) is 6.79 Å². The molecule has 1 amide bonds. The Balaban J connectivity index is 1.55. The van der Waals surface area contributed by atoms with Crippen molar-refractivity contribution in [2.45, 2.75) is 12.6 Å². The van der Waals surface area contributed by atoms with Crippen LogP contribution in [0.4, 0.5) is 0 Å². The molecule has 0 saturated carbocycles. The maximum absolute atomic E-state index is 13.2. The molecule has 2 aliphatic rings. The quantitative estimate of drug-likeness (QED) is 0.666. The highest BCUT2D eigenvalue weighted by Crippen LogP contribution is 2.44. The van der Waals surface area contributed by atoms with E-state index in [9.17, 15) is 9.90 Å². The number of rotatable bonds is 5. The van der Waals surface area contributed by atoms with Crippen molar-refractivity contribution in [3.63, 3.8) is 0 Å². The predicted octanol–water partition coefficient (Wildman–Crippen LogP) is 4.48. The summed E-state index contributed by atoms with van der Waals surface area (Å²) in [6, 6.07) is 22.3. The molecule has 0 saturated heterocycles. The van der Waals surface area contributed by atoms with E-state index in [1.807, 2.05) is 72.8 Å². The summed E-state index contributed by atoms with van der Waals surface area (Å²) in [5.41, 5.74) is 3.17. The number of carbonyl (C=O) groups is 1. The van der Waals surface area contributed by atoms with Crippen molar-refractivity contribution >= 4 is 11.5 Å². The average Bonchev–Trinajstić information content (AvgIpc) is 3.38. The van der Waals surface area contributed by atoms with Gasteiger partial charge >= 0.3 is 0 Å². The van der Waals surface area contributed by atoms with Crippen LogP contribution in [0.2, 0.25) is 0 Å². The number of hydrogen-bond donors (Lipinski definition) is 1. The number of ether oxygens (including phenoxy) is 3. The molecule has 0 bridgehead atoms. The van der Waals surface area contributed by atoms with Gasteiger partial charge in [-0.05, 0) is 41.0 Å². The maximum atomic E-state index is 13.2. The largest absolute Gasteiger partial charge is 0.503 e. The third-order valence-electron chi connectivity index (χ3n) is 5.61. The van der Waals surface area contributed by atoms with Gasteiger partial charge in [0, 0.05) is 12.1 Å². The van der Waals surface area contributed by atoms with E-state index in [0.29, 0.717) is 29.4 Å². The number of carbonyl (C=O) groups excluding carboxylic acids is 1. The molecular weight excluding hydrogens is 394 g/mol. The summed E-state index contributed by atoms with van der Waals surface area (Å²) < 4.78 is 16.1. The number of hydrogen-bond acceptors (Lipinski definition) is 5. The van der Waals surface area contributed by atoms with E-state index in [0.717, 1.165) is 16.7 Å². The van der Waals surface area contributed by atoms with Crippen molar-refractivity contribution in [3.8, 4) is 17.2 Å². The minimum atomic E-state index is -0.424. The monoisotopic (exact) mass is 415 g/mol. The van der Waals surface area contributed by atoms with Gasteiger partial charge in [-0.25, -0.2) is 0 Å². The van der Waals surface area contributed by atoms with Gasteiger partial charge in [0.1, 0.15) is 5.75 Å². The molecule has 1 atom stereocenters. The Morgan fingerprint density at radius 3 is 2.48 bits per heavy atom. The molecular formula is C25H21NO5. The molecule has 6 heteroatoms. The van der Waals surface area contributed by atoms with E-state index in [4.69, 9.17) is 14.2 Å². The van der Waals surface area contributed by atoms with E-state index in [1.54, 1.807) is 12.0 Å². The predicted molar refractivity (Wildman–Crippen MR) is 115 cm³/mol. The minimum Gasteiger partial charge on any atom is -0.503 e. The summed E-state index contributed by atoms with van der Waals surface area (Å²) in [6.07, 6.45) is 0. The second-order valence-electron chi connectivity index (χ2n) is 7.42. The Kier molecular flexibility index (Phi) is 4.75. The van der Waals surface area contributed by atoms with E-state index < -0.39 is 11.9 Å². The molecule has 3 aromatic rings. The summed E-state index contributed by atoms with van der Waals surface area (Å²) in [5.74, 6) is 1.42. The molecule has 3 aromatic carbocycles. The highest BCUT2D eigenvalue weighted by atomic mass is 16.7. The SMILES string of the molecule is COc1ccc(C2=C(O)C(=O)N(Cc3ccc4c(c3)OCO4)C2c2ccccc2)cc1. The fourth-order valence-electron chi connectivity index (χ4n) is 4.10. The van der Waals surface area contributed by atoms with Gasteiger partial charge in [-0.15, -0.1) is 0 Å². The van der Waals surface area contributed by atoms with Crippen LogP contribution < -0.4 is 14.2 Å². The van der Waals surface area contributed by atoms with Gasteiger partial charge in [0.15, 0.2) is 17.3 Å². The molecule has 1 unspecified atom stereocenters. The van der Waals surface area contributed by atoms with Crippen molar-refractivity contribution in [2.24, 2.45) is 0 Å². The fourth-order valence-corrected chi connectivity index (χ4v) is 4.10. The second-order valence-corrected chi connectivity index (χ2v) is 7.42. The molecule has 156 valence electrons. The minimum absolute atomic E-state index is 0.192. The van der Waals surface area contributed by atoms with E-state index in [2.05, 4.69) is 0 Å². The fraction of sp³-hybridized carbons (Fsp3) is 0.160. The summed E-state index contributed by atoms with van der Waals surface area (Å²) >= 11 is 0. The molecule has 0 aliphatic carbocycles. The van der Waals surface area contributed by atoms with Crippen LogP contribution in [-0.2, 0) is 11.3 Å². The summed E-state index contributed by atoms with van der Waals surface area (Å²) in [4.78, 5) is 14.9. The lowest BCUT2D eigenvalue weighted by Gasteiger charge is -2.27. The van der Waals surface area contributed by atoms with Crippen LogP contribution in [0.15, 0.2) is 78.6 Å². The van der Waals surface area contributed by atoms with Crippen molar-refractivity contribution < 1.29 is 24.1 Å². The number of fused-ring (bicyclic) bond motifs is 1. The number of amides is 1. The third kappa shape index (κ3) is 3.36. The van der Waals surface area contributed by atoms with Gasteiger partial charge in [0.25, 0.3) is 5.91 Å². The van der Waals surface area contributed by atoms with E-state index >= 15 is 0 Å². The molecule has 2 aliphatic heterocycles. The average molecular weight is 415 g/mol. The maximum Gasteiger partial charge on any atom is 0.290 e. The Morgan fingerprint density at radius 1 is 1.00 bits per heavy atom. The molecule has 6 nitrogen and oxygen atoms in total. The highest BCUT2D eigenvalue weighted by Gasteiger charge is 2.41. The zero-order valence-electron chi connectivity index (χ0n) is 16.9. The van der Waals surface area contributed by atoms with Crippen molar-refractivity contribution in [3.05, 3.63) is 95.2 Å². The summed E-state index contributed by atoms with van der Waals surface area (Å²) in [5, 5.41) is 10.9.